The monoisotopic (exact) mass is 214 g/mol. The van der Waals surface area contributed by atoms with E-state index in [1.165, 1.54) is 5.06 Å². The van der Waals surface area contributed by atoms with E-state index in [-0.39, 0.29) is 17.6 Å². The number of hydroxylamine groups is 2. The number of rotatable bonds is 2. The maximum atomic E-state index is 11.7. The first-order valence-corrected chi connectivity index (χ1v) is 5.44. The van der Waals surface area contributed by atoms with Crippen LogP contribution in [-0.2, 0) is 14.4 Å². The normalized spacial score (nSPS) is 27.3. The van der Waals surface area contributed by atoms with Gasteiger partial charge in [0, 0.05) is 32.1 Å². The number of carbonyl (C=O) groups excluding carboxylic acids is 1. The molecule has 86 valence electrons. The lowest BCUT2D eigenvalue weighted by Gasteiger charge is -2.31. The van der Waals surface area contributed by atoms with Gasteiger partial charge in [-0.05, 0) is 6.92 Å². The molecule has 1 unspecified atom stereocenters. The van der Waals surface area contributed by atoms with Crippen molar-refractivity contribution in [3.8, 4) is 0 Å². The SMILES string of the molecule is CC(N)CN1OC2(CCOCC2)CC1=O. The Kier molecular flexibility index (Phi) is 2.95. The second-order valence-electron chi connectivity index (χ2n) is 4.50. The van der Waals surface area contributed by atoms with E-state index in [1.807, 2.05) is 6.92 Å². The van der Waals surface area contributed by atoms with Gasteiger partial charge in [0.2, 0.25) is 5.91 Å². The third-order valence-corrected chi connectivity index (χ3v) is 2.91. The Labute approximate surface area is 89.5 Å². The quantitative estimate of drug-likeness (QED) is 0.705. The number of nitrogens with two attached hydrogens (primary N) is 1. The van der Waals surface area contributed by atoms with Crippen LogP contribution in [0.1, 0.15) is 26.2 Å². The minimum Gasteiger partial charge on any atom is -0.381 e. The van der Waals surface area contributed by atoms with Crippen LogP contribution in [0.5, 0.6) is 0 Å². The highest BCUT2D eigenvalue weighted by atomic mass is 16.7. The smallest absolute Gasteiger partial charge is 0.249 e. The summed E-state index contributed by atoms with van der Waals surface area (Å²) in [5.74, 6) is 0.0502. The van der Waals surface area contributed by atoms with Crippen molar-refractivity contribution >= 4 is 5.91 Å². The maximum absolute atomic E-state index is 11.7. The average molecular weight is 214 g/mol. The zero-order valence-corrected chi connectivity index (χ0v) is 9.07. The molecule has 1 spiro atoms. The van der Waals surface area contributed by atoms with Crippen LogP contribution in [0, 0.1) is 0 Å². The number of amides is 1. The van der Waals surface area contributed by atoms with Crippen LogP contribution >= 0.6 is 0 Å². The Hall–Kier alpha value is -0.650. The van der Waals surface area contributed by atoms with Crippen LogP contribution in [0.2, 0.25) is 0 Å². The van der Waals surface area contributed by atoms with Crippen LogP contribution in [0.25, 0.3) is 0 Å². The van der Waals surface area contributed by atoms with Crippen molar-refractivity contribution in [1.29, 1.82) is 0 Å². The first-order valence-electron chi connectivity index (χ1n) is 5.44. The maximum Gasteiger partial charge on any atom is 0.249 e. The lowest BCUT2D eigenvalue weighted by Crippen LogP contribution is -2.40. The Morgan fingerprint density at radius 3 is 2.80 bits per heavy atom. The number of ether oxygens (including phenoxy) is 1. The van der Waals surface area contributed by atoms with Gasteiger partial charge in [-0.2, -0.15) is 0 Å². The summed E-state index contributed by atoms with van der Waals surface area (Å²) in [4.78, 5) is 17.4. The molecule has 0 bridgehead atoms. The van der Waals surface area contributed by atoms with Crippen LogP contribution in [-0.4, -0.2) is 42.4 Å². The molecule has 0 aromatic carbocycles. The van der Waals surface area contributed by atoms with Gasteiger partial charge in [0.15, 0.2) is 0 Å². The fourth-order valence-corrected chi connectivity index (χ4v) is 2.09. The van der Waals surface area contributed by atoms with E-state index >= 15 is 0 Å². The predicted molar refractivity (Wildman–Crippen MR) is 53.8 cm³/mol. The fraction of sp³-hybridized carbons (Fsp3) is 0.900. The molecule has 2 saturated heterocycles. The summed E-state index contributed by atoms with van der Waals surface area (Å²) in [5, 5.41) is 1.43. The summed E-state index contributed by atoms with van der Waals surface area (Å²) < 4.78 is 5.27. The first kappa shape index (κ1) is 10.9. The van der Waals surface area contributed by atoms with Gasteiger partial charge >= 0.3 is 0 Å². The molecule has 2 aliphatic rings. The molecule has 2 N–H and O–H groups in total. The van der Waals surface area contributed by atoms with Gasteiger partial charge < -0.3 is 10.5 Å². The number of carbonyl (C=O) groups is 1. The van der Waals surface area contributed by atoms with Crippen molar-refractivity contribution in [3.63, 3.8) is 0 Å². The van der Waals surface area contributed by atoms with Crippen molar-refractivity contribution in [3.05, 3.63) is 0 Å². The molecule has 2 rings (SSSR count). The van der Waals surface area contributed by atoms with Gasteiger partial charge in [0.05, 0.1) is 13.0 Å². The third-order valence-electron chi connectivity index (χ3n) is 2.91. The molecule has 0 saturated carbocycles. The van der Waals surface area contributed by atoms with Gasteiger partial charge in [-0.1, -0.05) is 0 Å². The molecule has 2 fully saturated rings. The van der Waals surface area contributed by atoms with Crippen molar-refractivity contribution in [2.24, 2.45) is 5.73 Å². The summed E-state index contributed by atoms with van der Waals surface area (Å²) in [6.07, 6.45) is 2.07. The Morgan fingerprint density at radius 2 is 2.20 bits per heavy atom. The summed E-state index contributed by atoms with van der Waals surface area (Å²) >= 11 is 0. The zero-order valence-electron chi connectivity index (χ0n) is 9.07. The minimum atomic E-state index is -0.301. The summed E-state index contributed by atoms with van der Waals surface area (Å²) in [6.45, 7) is 3.70. The van der Waals surface area contributed by atoms with E-state index in [0.29, 0.717) is 26.2 Å². The number of hydrogen-bond acceptors (Lipinski definition) is 4. The van der Waals surface area contributed by atoms with Crippen molar-refractivity contribution < 1.29 is 14.4 Å². The highest BCUT2D eigenvalue weighted by Gasteiger charge is 2.45. The second kappa shape index (κ2) is 4.08. The summed E-state index contributed by atoms with van der Waals surface area (Å²) in [7, 11) is 0. The lowest BCUT2D eigenvalue weighted by molar-refractivity contribution is -0.218. The standard InChI is InChI=1S/C10H18N2O3/c1-8(11)7-12-9(13)6-10(15-12)2-4-14-5-3-10/h8H,2-7,11H2,1H3. The molecule has 1 atom stereocenters. The highest BCUT2D eigenvalue weighted by molar-refractivity contribution is 5.78. The molecule has 0 aliphatic carbocycles. The molecule has 0 radical (unpaired) electrons. The van der Waals surface area contributed by atoms with Gasteiger partial charge in [0.25, 0.3) is 0 Å². The molecular weight excluding hydrogens is 196 g/mol. The predicted octanol–water partition coefficient (Wildman–Crippen LogP) is 0.0467. The van der Waals surface area contributed by atoms with E-state index in [9.17, 15) is 4.79 Å². The average Bonchev–Trinajstić information content (AvgIpc) is 2.43. The molecule has 5 nitrogen and oxygen atoms in total. The largest absolute Gasteiger partial charge is 0.381 e. The van der Waals surface area contributed by atoms with Crippen molar-refractivity contribution in [1.82, 2.24) is 5.06 Å². The molecule has 0 aromatic rings. The fourth-order valence-electron chi connectivity index (χ4n) is 2.09. The Morgan fingerprint density at radius 1 is 1.53 bits per heavy atom. The summed E-state index contributed by atoms with van der Waals surface area (Å²) in [6, 6.07) is -0.0519. The number of nitrogens with zero attached hydrogens (tertiary/aromatic N) is 1. The van der Waals surface area contributed by atoms with Gasteiger partial charge in [-0.25, -0.2) is 5.06 Å². The Bertz CT molecular complexity index is 249. The van der Waals surface area contributed by atoms with Crippen LogP contribution in [0.3, 0.4) is 0 Å². The van der Waals surface area contributed by atoms with Gasteiger partial charge in [0.1, 0.15) is 5.60 Å². The first-order chi connectivity index (χ1) is 7.11. The topological polar surface area (TPSA) is 64.8 Å². The molecule has 2 heterocycles. The lowest BCUT2D eigenvalue weighted by atomic mass is 9.91. The molecule has 2 aliphatic heterocycles. The molecular formula is C10H18N2O3. The number of hydrogen-bond donors (Lipinski definition) is 1. The zero-order chi connectivity index (χ0) is 10.9. The molecule has 5 heteroatoms. The minimum absolute atomic E-state index is 0.0502. The molecule has 0 aromatic heterocycles. The highest BCUT2D eigenvalue weighted by Crippen LogP contribution is 2.35. The molecule has 1 amide bonds. The second-order valence-corrected chi connectivity index (χ2v) is 4.50. The van der Waals surface area contributed by atoms with E-state index in [2.05, 4.69) is 0 Å². The van der Waals surface area contributed by atoms with Crippen LogP contribution < -0.4 is 5.73 Å². The van der Waals surface area contributed by atoms with E-state index in [4.69, 9.17) is 15.3 Å². The molecule has 15 heavy (non-hydrogen) atoms. The Balaban J connectivity index is 1.98. The third kappa shape index (κ3) is 2.30. The van der Waals surface area contributed by atoms with Crippen molar-refractivity contribution in [2.45, 2.75) is 37.8 Å². The van der Waals surface area contributed by atoms with Crippen molar-refractivity contribution in [2.75, 3.05) is 19.8 Å². The van der Waals surface area contributed by atoms with Crippen LogP contribution in [0.4, 0.5) is 0 Å². The summed E-state index contributed by atoms with van der Waals surface area (Å²) in [5.41, 5.74) is 5.35. The van der Waals surface area contributed by atoms with E-state index < -0.39 is 0 Å². The van der Waals surface area contributed by atoms with Crippen LogP contribution in [0.15, 0.2) is 0 Å². The van der Waals surface area contributed by atoms with E-state index in [0.717, 1.165) is 12.8 Å². The van der Waals surface area contributed by atoms with Gasteiger partial charge in [-0.15, -0.1) is 0 Å². The van der Waals surface area contributed by atoms with E-state index in [1.54, 1.807) is 0 Å². The van der Waals surface area contributed by atoms with Gasteiger partial charge in [-0.3, -0.25) is 9.63 Å².